The van der Waals surface area contributed by atoms with E-state index in [9.17, 15) is 31.0 Å². The second kappa shape index (κ2) is 2.68. The van der Waals surface area contributed by atoms with E-state index >= 15 is 0 Å². The topological polar surface area (TPSA) is 74.3 Å². The molecule has 0 radical (unpaired) electrons. The van der Waals surface area contributed by atoms with E-state index in [4.69, 9.17) is 0 Å². The molecule has 0 aromatic carbocycles. The van der Waals surface area contributed by atoms with Crippen LogP contribution >= 0.6 is 0 Å². The summed E-state index contributed by atoms with van der Waals surface area (Å²) < 4.78 is 54.0. The van der Waals surface area contributed by atoms with E-state index in [0.29, 0.717) is 0 Å². The summed E-state index contributed by atoms with van der Waals surface area (Å²) in [6.45, 7) is 0. The number of carbonyl (C=O) groups is 1. The summed E-state index contributed by atoms with van der Waals surface area (Å²) in [5, 5.41) is 9.41. The maximum absolute atomic E-state index is 11.8. The maximum Gasteiger partial charge on any atom is 0.308 e. The molecular formula is C3H2F3O4S-. The Labute approximate surface area is 59.8 Å². The summed E-state index contributed by atoms with van der Waals surface area (Å²) in [6, 6.07) is 0. The van der Waals surface area contributed by atoms with Crippen LogP contribution in [0.5, 0.6) is 0 Å². The van der Waals surface area contributed by atoms with Gasteiger partial charge in [-0.15, -0.1) is 3.89 Å². The minimum Gasteiger partial charge on any atom is -0.544 e. The summed E-state index contributed by atoms with van der Waals surface area (Å²) in [7, 11) is -5.50. The zero-order valence-electron chi connectivity index (χ0n) is 4.88. The number of hydrogen-bond donors (Lipinski definition) is 0. The predicted molar refractivity (Wildman–Crippen MR) is 24.8 cm³/mol. The molecule has 0 aliphatic heterocycles. The number of halogens is 3. The molecule has 0 fully saturated rings. The van der Waals surface area contributed by atoms with Gasteiger partial charge in [-0.25, -0.2) is 0 Å². The molecule has 0 saturated heterocycles. The Morgan fingerprint density at radius 2 is 1.82 bits per heavy atom. The van der Waals surface area contributed by atoms with Gasteiger partial charge in [-0.05, 0) is 0 Å². The predicted octanol–water partition coefficient (Wildman–Crippen LogP) is -1.33. The Hall–Kier alpha value is -0.790. The highest BCUT2D eigenvalue weighted by Gasteiger charge is 2.37. The first-order valence-electron chi connectivity index (χ1n) is 2.17. The fraction of sp³-hybridized carbons (Fsp3) is 0.667. The van der Waals surface area contributed by atoms with E-state index < -0.39 is 27.9 Å². The maximum atomic E-state index is 11.8. The first kappa shape index (κ1) is 10.2. The molecule has 0 rings (SSSR count). The molecule has 0 bridgehead atoms. The lowest BCUT2D eigenvalue weighted by Crippen LogP contribution is -2.45. The van der Waals surface area contributed by atoms with Gasteiger partial charge in [0, 0.05) is 0 Å². The minimum absolute atomic E-state index is 2.39. The molecule has 0 amide bonds. The van der Waals surface area contributed by atoms with Gasteiger partial charge in [0.2, 0.25) is 0 Å². The third kappa shape index (κ3) is 3.81. The summed E-state index contributed by atoms with van der Waals surface area (Å²) in [4.78, 5) is 9.41. The third-order valence-corrected chi connectivity index (χ3v) is 1.36. The molecule has 4 nitrogen and oxygen atoms in total. The zero-order valence-corrected chi connectivity index (χ0v) is 5.70. The molecular weight excluding hydrogens is 189 g/mol. The molecule has 11 heavy (non-hydrogen) atoms. The van der Waals surface area contributed by atoms with Crippen molar-refractivity contribution in [3.8, 4) is 0 Å². The van der Waals surface area contributed by atoms with Gasteiger partial charge in [0.25, 0.3) is 0 Å². The smallest absolute Gasteiger partial charge is 0.308 e. The molecule has 0 unspecified atom stereocenters. The molecule has 0 aliphatic rings. The van der Waals surface area contributed by atoms with Crippen LogP contribution in [0.4, 0.5) is 12.7 Å². The van der Waals surface area contributed by atoms with Crippen LogP contribution in [0, 0.1) is 0 Å². The van der Waals surface area contributed by atoms with Crippen LogP contribution in [0.3, 0.4) is 0 Å². The lowest BCUT2D eigenvalue weighted by Gasteiger charge is -2.13. The number of carboxylic acid groups (broad SMARTS) is 1. The van der Waals surface area contributed by atoms with Crippen LogP contribution in [-0.4, -0.2) is 26.1 Å². The highest BCUT2D eigenvalue weighted by Crippen LogP contribution is 2.15. The third-order valence-electron chi connectivity index (χ3n) is 0.652. The Morgan fingerprint density at radius 3 is 1.91 bits per heavy atom. The Kier molecular flexibility index (Phi) is 2.49. The van der Waals surface area contributed by atoms with Crippen molar-refractivity contribution in [2.45, 2.75) is 5.92 Å². The van der Waals surface area contributed by atoms with Crippen LogP contribution in [0.1, 0.15) is 0 Å². The molecule has 0 spiro atoms. The number of alkyl halides is 2. The average molecular weight is 191 g/mol. The quantitative estimate of drug-likeness (QED) is 0.518. The van der Waals surface area contributed by atoms with Crippen molar-refractivity contribution in [1.29, 1.82) is 0 Å². The molecule has 0 aromatic heterocycles. The summed E-state index contributed by atoms with van der Waals surface area (Å²) in [6.07, 6.45) is 0. The lowest BCUT2D eigenvalue weighted by atomic mass is 10.4. The number of aliphatic carboxylic acids is 1. The second-order valence-electron chi connectivity index (χ2n) is 1.68. The van der Waals surface area contributed by atoms with E-state index in [0.717, 1.165) is 0 Å². The van der Waals surface area contributed by atoms with Crippen LogP contribution in [0.25, 0.3) is 0 Å². The normalized spacial score (nSPS) is 13.0. The highest BCUT2D eigenvalue weighted by molar-refractivity contribution is 7.86. The van der Waals surface area contributed by atoms with Gasteiger partial charge in [0.05, 0.1) is 0 Å². The molecule has 0 aliphatic carbocycles. The minimum atomic E-state index is -5.50. The van der Waals surface area contributed by atoms with Crippen molar-refractivity contribution in [2.24, 2.45) is 0 Å². The summed E-state index contributed by atoms with van der Waals surface area (Å²) in [5.74, 6) is -9.98. The van der Waals surface area contributed by atoms with Gasteiger partial charge in [-0.1, -0.05) is 0 Å². The largest absolute Gasteiger partial charge is 0.544 e. The van der Waals surface area contributed by atoms with Gasteiger partial charge in [-0.3, -0.25) is 0 Å². The number of rotatable bonds is 3. The van der Waals surface area contributed by atoms with Gasteiger partial charge in [0.1, 0.15) is 11.7 Å². The fourth-order valence-corrected chi connectivity index (χ4v) is 0.826. The molecule has 0 N–H and O–H groups in total. The Balaban J connectivity index is 4.51. The van der Waals surface area contributed by atoms with Crippen molar-refractivity contribution in [3.63, 3.8) is 0 Å². The second-order valence-corrected chi connectivity index (χ2v) is 3.04. The van der Waals surface area contributed by atoms with Gasteiger partial charge < -0.3 is 9.90 Å². The standard InChI is InChI=1S/C3H3F3O4S/c4-3(5,2(7)8)1-11(6,9)10/h1H2,(H,7,8)/p-1. The average Bonchev–Trinajstić information content (AvgIpc) is 1.56. The van der Waals surface area contributed by atoms with Crippen LogP contribution in [-0.2, 0) is 15.0 Å². The zero-order chi connectivity index (χ0) is 9.28. The monoisotopic (exact) mass is 191 g/mol. The first-order chi connectivity index (χ1) is 4.65. The van der Waals surface area contributed by atoms with Crippen LogP contribution in [0.15, 0.2) is 0 Å². The number of hydrogen-bond acceptors (Lipinski definition) is 4. The van der Waals surface area contributed by atoms with Crippen molar-refractivity contribution in [3.05, 3.63) is 0 Å². The summed E-state index contributed by atoms with van der Waals surface area (Å²) in [5.41, 5.74) is 0. The molecule has 0 atom stereocenters. The van der Waals surface area contributed by atoms with Crippen LogP contribution < -0.4 is 5.11 Å². The number of carboxylic acids is 1. The molecule has 0 saturated carbocycles. The Morgan fingerprint density at radius 1 is 1.45 bits per heavy atom. The van der Waals surface area contributed by atoms with Crippen molar-refractivity contribution in [1.82, 2.24) is 0 Å². The van der Waals surface area contributed by atoms with Gasteiger partial charge in [-0.2, -0.15) is 17.2 Å². The van der Waals surface area contributed by atoms with E-state index in [1.54, 1.807) is 0 Å². The summed E-state index contributed by atoms with van der Waals surface area (Å²) >= 11 is 0. The van der Waals surface area contributed by atoms with E-state index in [1.807, 2.05) is 0 Å². The lowest BCUT2D eigenvalue weighted by molar-refractivity contribution is -0.327. The Bertz CT molecular complexity index is 256. The molecule has 0 heterocycles. The van der Waals surface area contributed by atoms with Gasteiger partial charge in [0.15, 0.2) is 0 Å². The van der Waals surface area contributed by atoms with Gasteiger partial charge >= 0.3 is 16.1 Å². The highest BCUT2D eigenvalue weighted by atomic mass is 32.3. The number of carbonyl (C=O) groups excluding carboxylic acids is 1. The molecule has 66 valence electrons. The van der Waals surface area contributed by atoms with Crippen molar-refractivity contribution in [2.75, 3.05) is 5.75 Å². The van der Waals surface area contributed by atoms with E-state index in [-0.39, 0.29) is 0 Å². The van der Waals surface area contributed by atoms with Crippen molar-refractivity contribution >= 4 is 16.2 Å². The fourth-order valence-electron chi connectivity index (χ4n) is 0.275. The van der Waals surface area contributed by atoms with E-state index in [2.05, 4.69) is 0 Å². The van der Waals surface area contributed by atoms with Crippen molar-refractivity contribution < 1.29 is 31.0 Å². The molecule has 8 heteroatoms. The first-order valence-corrected chi connectivity index (χ1v) is 3.72. The van der Waals surface area contributed by atoms with E-state index in [1.165, 1.54) is 0 Å². The molecule has 0 aromatic rings. The SMILES string of the molecule is O=C([O-])C(F)(F)CS(=O)(=O)F. The van der Waals surface area contributed by atoms with Crippen LogP contribution in [0.2, 0.25) is 0 Å².